The summed E-state index contributed by atoms with van der Waals surface area (Å²) in [6, 6.07) is 12.1. The Balaban J connectivity index is 0.00000338. The van der Waals surface area contributed by atoms with Crippen molar-refractivity contribution in [2.45, 2.75) is 13.3 Å². The van der Waals surface area contributed by atoms with E-state index in [0.717, 1.165) is 5.56 Å². The number of nitrogens with zero attached hydrogens (tertiary/aromatic N) is 1. The highest BCUT2D eigenvalue weighted by molar-refractivity contribution is 5.98. The van der Waals surface area contributed by atoms with Crippen LogP contribution in [0.1, 0.15) is 22.8 Å². The van der Waals surface area contributed by atoms with Crippen molar-refractivity contribution in [2.24, 2.45) is 0 Å². The zero-order valence-electron chi connectivity index (χ0n) is 15.1. The van der Waals surface area contributed by atoms with Crippen molar-refractivity contribution in [1.29, 1.82) is 0 Å². The van der Waals surface area contributed by atoms with Gasteiger partial charge in [0.2, 0.25) is 5.91 Å². The molecule has 26 heavy (non-hydrogen) atoms. The van der Waals surface area contributed by atoms with Crippen molar-refractivity contribution < 1.29 is 14.3 Å². The molecule has 0 fully saturated rings. The number of hydrogen-bond acceptors (Lipinski definition) is 4. The van der Waals surface area contributed by atoms with Crippen molar-refractivity contribution >= 4 is 35.6 Å². The quantitative estimate of drug-likeness (QED) is 0.758. The van der Waals surface area contributed by atoms with E-state index < -0.39 is 0 Å². The van der Waals surface area contributed by atoms with Crippen LogP contribution in [0.4, 0.5) is 11.4 Å². The number of amides is 2. The molecule has 0 saturated carbocycles. The number of benzene rings is 2. The molecule has 3 N–H and O–H groups in total. The van der Waals surface area contributed by atoms with Crippen LogP contribution >= 0.6 is 12.4 Å². The lowest BCUT2D eigenvalue weighted by Crippen LogP contribution is -2.22. The summed E-state index contributed by atoms with van der Waals surface area (Å²) < 4.78 is 5.54. The summed E-state index contributed by atoms with van der Waals surface area (Å²) in [7, 11) is 3.36. The van der Waals surface area contributed by atoms with Crippen molar-refractivity contribution in [1.82, 2.24) is 4.90 Å². The molecule has 6 nitrogen and oxygen atoms in total. The summed E-state index contributed by atoms with van der Waals surface area (Å²) in [5, 5.41) is 2.83. The first-order chi connectivity index (χ1) is 11.9. The fraction of sp³-hybridized carbons (Fsp3) is 0.263. The molecular weight excluding hydrogens is 354 g/mol. The van der Waals surface area contributed by atoms with Crippen LogP contribution in [0.15, 0.2) is 42.5 Å². The fourth-order valence-electron chi connectivity index (χ4n) is 2.32. The van der Waals surface area contributed by atoms with Crippen LogP contribution in [0.3, 0.4) is 0 Å². The maximum atomic E-state index is 12.3. The maximum absolute atomic E-state index is 12.3. The van der Waals surface area contributed by atoms with Gasteiger partial charge in [0.15, 0.2) is 0 Å². The fourth-order valence-corrected chi connectivity index (χ4v) is 2.32. The van der Waals surface area contributed by atoms with Crippen LogP contribution in [0.5, 0.6) is 5.75 Å². The molecule has 7 heteroatoms. The Kier molecular flexibility index (Phi) is 7.93. The predicted molar refractivity (Wildman–Crippen MR) is 106 cm³/mol. The van der Waals surface area contributed by atoms with E-state index in [1.807, 2.05) is 19.1 Å². The normalized spacial score (nSPS) is 9.81. The number of anilines is 2. The van der Waals surface area contributed by atoms with Gasteiger partial charge in [-0.3, -0.25) is 9.59 Å². The van der Waals surface area contributed by atoms with Gasteiger partial charge < -0.3 is 20.7 Å². The molecule has 0 unspecified atom stereocenters. The molecule has 2 amide bonds. The van der Waals surface area contributed by atoms with E-state index in [9.17, 15) is 9.59 Å². The minimum Gasteiger partial charge on any atom is -0.492 e. The number of carbonyl (C=O) groups is 2. The minimum absolute atomic E-state index is 0. The van der Waals surface area contributed by atoms with E-state index in [1.165, 1.54) is 4.90 Å². The van der Waals surface area contributed by atoms with Gasteiger partial charge in [0.25, 0.3) is 5.91 Å². The van der Waals surface area contributed by atoms with Gasteiger partial charge in [-0.05, 0) is 42.8 Å². The number of rotatable bonds is 6. The van der Waals surface area contributed by atoms with E-state index in [-0.39, 0.29) is 30.6 Å². The Labute approximate surface area is 159 Å². The molecule has 0 aliphatic heterocycles. The zero-order chi connectivity index (χ0) is 18.4. The second-order valence-electron chi connectivity index (χ2n) is 5.81. The van der Waals surface area contributed by atoms with Crippen LogP contribution in [0, 0.1) is 0 Å². The van der Waals surface area contributed by atoms with E-state index in [1.54, 1.807) is 44.4 Å². The van der Waals surface area contributed by atoms with Gasteiger partial charge in [0.05, 0.1) is 18.7 Å². The van der Waals surface area contributed by atoms with Crippen LogP contribution < -0.4 is 15.8 Å². The molecule has 140 valence electrons. The molecule has 0 bridgehead atoms. The molecule has 0 spiro atoms. The maximum Gasteiger partial charge on any atom is 0.253 e. The lowest BCUT2D eigenvalue weighted by Gasteiger charge is -2.15. The smallest absolute Gasteiger partial charge is 0.253 e. The van der Waals surface area contributed by atoms with Crippen LogP contribution in [0.25, 0.3) is 0 Å². The molecule has 2 rings (SSSR count). The van der Waals surface area contributed by atoms with Crippen molar-refractivity contribution in [3.63, 3.8) is 0 Å². The number of nitrogens with one attached hydrogen (secondary N) is 1. The molecule has 0 aliphatic carbocycles. The Morgan fingerprint density at radius 1 is 1.12 bits per heavy atom. The Morgan fingerprint density at radius 3 is 2.35 bits per heavy atom. The number of carbonyl (C=O) groups excluding carboxylic acids is 2. The molecule has 0 saturated heterocycles. The third-order valence-corrected chi connectivity index (χ3v) is 3.55. The molecule has 0 aliphatic rings. The number of halogens is 1. The lowest BCUT2D eigenvalue weighted by atomic mass is 10.1. The third kappa shape index (κ3) is 5.67. The summed E-state index contributed by atoms with van der Waals surface area (Å²) in [5.74, 6) is 0.195. The van der Waals surface area contributed by atoms with E-state index in [4.69, 9.17) is 10.5 Å². The first-order valence-electron chi connectivity index (χ1n) is 8.03. The molecule has 2 aromatic rings. The Morgan fingerprint density at radius 2 is 1.77 bits per heavy atom. The molecule has 0 heterocycles. The highest BCUT2D eigenvalue weighted by Gasteiger charge is 2.14. The lowest BCUT2D eigenvalue weighted by molar-refractivity contribution is -0.115. The van der Waals surface area contributed by atoms with Gasteiger partial charge in [-0.15, -0.1) is 12.4 Å². The first-order valence-corrected chi connectivity index (χ1v) is 8.03. The minimum atomic E-state index is -0.194. The summed E-state index contributed by atoms with van der Waals surface area (Å²) in [4.78, 5) is 26.0. The first kappa shape index (κ1) is 21.3. The second kappa shape index (κ2) is 9.68. The average Bonchev–Trinajstić information content (AvgIpc) is 2.58. The van der Waals surface area contributed by atoms with Crippen molar-refractivity contribution in [3.8, 4) is 5.75 Å². The largest absolute Gasteiger partial charge is 0.492 e. The number of nitrogen functional groups attached to an aromatic ring is 1. The second-order valence-corrected chi connectivity index (χ2v) is 5.81. The highest BCUT2D eigenvalue weighted by Crippen LogP contribution is 2.26. The van der Waals surface area contributed by atoms with Gasteiger partial charge in [0.1, 0.15) is 5.75 Å². The molecule has 2 aromatic carbocycles. The number of hydrogen-bond donors (Lipinski definition) is 2. The standard InChI is InChI=1S/C19H23N3O3.ClH/c1-4-25-17-10-7-14(19(24)22(2)3)12-16(17)21-18(23)11-13-5-8-15(20)9-6-13;/h5-10,12H,4,11,20H2,1-3H3,(H,21,23);1H. The third-order valence-electron chi connectivity index (χ3n) is 3.55. The van der Waals surface area contributed by atoms with E-state index >= 15 is 0 Å². The monoisotopic (exact) mass is 377 g/mol. The molecule has 0 radical (unpaired) electrons. The zero-order valence-corrected chi connectivity index (χ0v) is 15.9. The predicted octanol–water partition coefficient (Wildman–Crippen LogP) is 2.97. The average molecular weight is 378 g/mol. The van der Waals surface area contributed by atoms with Crippen molar-refractivity contribution in [3.05, 3.63) is 53.6 Å². The highest BCUT2D eigenvalue weighted by atomic mass is 35.5. The SMILES string of the molecule is CCOc1ccc(C(=O)N(C)C)cc1NC(=O)Cc1ccc(N)cc1.Cl. The summed E-state index contributed by atoms with van der Waals surface area (Å²) >= 11 is 0. The van der Waals surface area contributed by atoms with E-state index in [2.05, 4.69) is 5.32 Å². The summed E-state index contributed by atoms with van der Waals surface area (Å²) in [6.45, 7) is 2.32. The van der Waals surface area contributed by atoms with Gasteiger partial charge in [0, 0.05) is 25.3 Å². The molecular formula is C19H24ClN3O3. The van der Waals surface area contributed by atoms with Crippen LogP contribution in [-0.4, -0.2) is 37.4 Å². The van der Waals surface area contributed by atoms with Crippen molar-refractivity contribution in [2.75, 3.05) is 31.8 Å². The van der Waals surface area contributed by atoms with Gasteiger partial charge in [-0.1, -0.05) is 12.1 Å². The molecule has 0 aromatic heterocycles. The van der Waals surface area contributed by atoms with Crippen LogP contribution in [0.2, 0.25) is 0 Å². The van der Waals surface area contributed by atoms with Gasteiger partial charge >= 0.3 is 0 Å². The Hall–Kier alpha value is -2.73. The van der Waals surface area contributed by atoms with Gasteiger partial charge in [-0.25, -0.2) is 0 Å². The number of nitrogens with two attached hydrogens (primary N) is 1. The Bertz CT molecular complexity index is 761. The van der Waals surface area contributed by atoms with Crippen LogP contribution in [-0.2, 0) is 11.2 Å². The van der Waals surface area contributed by atoms with Gasteiger partial charge in [-0.2, -0.15) is 0 Å². The summed E-state index contributed by atoms with van der Waals surface area (Å²) in [5.41, 5.74) is 8.12. The van der Waals surface area contributed by atoms with E-state index in [0.29, 0.717) is 29.3 Å². The topological polar surface area (TPSA) is 84.7 Å². The molecule has 0 atom stereocenters. The summed E-state index contributed by atoms with van der Waals surface area (Å²) in [6.07, 6.45) is 0.206. The number of ether oxygens (including phenoxy) is 1.